The predicted molar refractivity (Wildman–Crippen MR) is 24.6 cm³/mol. The fourth-order valence-corrected chi connectivity index (χ4v) is 0.204. The molecule has 0 rings (SSSR count). The maximum absolute atomic E-state index is 11.7. The number of ether oxygens (including phenoxy) is 1. The third-order valence-corrected chi connectivity index (χ3v) is 0.592. The van der Waals surface area contributed by atoms with Crippen molar-refractivity contribution in [1.82, 2.24) is 0 Å². The minimum Gasteiger partial charge on any atom is -0.473 e. The molecule has 11 heavy (non-hydrogen) atoms. The lowest BCUT2D eigenvalue weighted by atomic mass is 10.6. The maximum atomic E-state index is 11.7. The van der Waals surface area contributed by atoms with E-state index in [9.17, 15) is 22.8 Å². The summed E-state index contributed by atoms with van der Waals surface area (Å²) in [6, 6.07) is 0. The van der Waals surface area contributed by atoms with Crippen molar-refractivity contribution < 1.29 is 32.6 Å². The van der Waals surface area contributed by atoms with Crippen LogP contribution in [-0.2, 0) is 14.3 Å². The standard InChI is InChI=1S/C4H3F3O4/c5-1(6)2(7)11-4(10)3(8)9/h1-2H,(H,8,9). The molecule has 0 aliphatic rings. The van der Waals surface area contributed by atoms with Gasteiger partial charge in [0.1, 0.15) is 0 Å². The smallest absolute Gasteiger partial charge is 0.420 e. The molecule has 0 aromatic carbocycles. The molecule has 0 aromatic rings. The molecule has 0 aromatic heterocycles. The number of rotatable bonds is 2. The third kappa shape index (κ3) is 3.43. The second kappa shape index (κ2) is 3.79. The molecular weight excluding hydrogens is 169 g/mol. The van der Waals surface area contributed by atoms with Crippen molar-refractivity contribution in [3.05, 3.63) is 0 Å². The summed E-state index contributed by atoms with van der Waals surface area (Å²) in [6.07, 6.45) is -6.71. The van der Waals surface area contributed by atoms with Gasteiger partial charge in [0.15, 0.2) is 0 Å². The van der Waals surface area contributed by atoms with Crippen LogP contribution in [0.4, 0.5) is 13.2 Å². The molecule has 0 aliphatic carbocycles. The highest BCUT2D eigenvalue weighted by Crippen LogP contribution is 2.06. The molecule has 1 atom stereocenters. The van der Waals surface area contributed by atoms with Gasteiger partial charge < -0.3 is 9.84 Å². The summed E-state index contributed by atoms with van der Waals surface area (Å²) in [4.78, 5) is 19.4. The molecule has 1 N–H and O–H groups in total. The van der Waals surface area contributed by atoms with E-state index in [2.05, 4.69) is 4.74 Å². The first-order valence-corrected chi connectivity index (χ1v) is 2.31. The van der Waals surface area contributed by atoms with Crippen LogP contribution in [-0.4, -0.2) is 29.8 Å². The third-order valence-electron chi connectivity index (χ3n) is 0.592. The molecule has 0 aliphatic heterocycles. The monoisotopic (exact) mass is 172 g/mol. The lowest BCUT2D eigenvalue weighted by Gasteiger charge is -2.05. The summed E-state index contributed by atoms with van der Waals surface area (Å²) in [5, 5.41) is 7.73. The summed E-state index contributed by atoms with van der Waals surface area (Å²) in [5.74, 6) is -4.16. The van der Waals surface area contributed by atoms with Crippen LogP contribution in [0.2, 0.25) is 0 Å². The van der Waals surface area contributed by atoms with Crippen molar-refractivity contribution >= 4 is 11.9 Å². The van der Waals surface area contributed by atoms with E-state index < -0.39 is 24.7 Å². The number of esters is 1. The molecule has 0 amide bonds. The Balaban J connectivity index is 3.85. The number of carboxylic acid groups (broad SMARTS) is 1. The van der Waals surface area contributed by atoms with Gasteiger partial charge in [0.2, 0.25) is 0 Å². The Hall–Kier alpha value is -1.27. The van der Waals surface area contributed by atoms with Crippen molar-refractivity contribution in [2.45, 2.75) is 12.8 Å². The Morgan fingerprint density at radius 3 is 2.00 bits per heavy atom. The largest absolute Gasteiger partial charge is 0.473 e. The average Bonchev–Trinajstić information content (AvgIpc) is 1.87. The maximum Gasteiger partial charge on any atom is 0.420 e. The zero-order valence-corrected chi connectivity index (χ0v) is 4.96. The zero-order chi connectivity index (χ0) is 9.02. The summed E-state index contributed by atoms with van der Waals surface area (Å²) >= 11 is 0. The summed E-state index contributed by atoms with van der Waals surface area (Å²) in [6.45, 7) is 0. The molecule has 0 saturated heterocycles. The minimum atomic E-state index is -3.53. The van der Waals surface area contributed by atoms with Gasteiger partial charge in [-0.05, 0) is 0 Å². The second-order valence-electron chi connectivity index (χ2n) is 1.40. The van der Waals surface area contributed by atoms with Crippen molar-refractivity contribution in [2.24, 2.45) is 0 Å². The number of hydrogen-bond donors (Lipinski definition) is 1. The van der Waals surface area contributed by atoms with E-state index in [0.717, 1.165) is 0 Å². The van der Waals surface area contributed by atoms with Gasteiger partial charge in [-0.25, -0.2) is 18.4 Å². The summed E-state index contributed by atoms with van der Waals surface area (Å²) in [7, 11) is 0. The number of carbonyl (C=O) groups is 2. The van der Waals surface area contributed by atoms with Crippen LogP contribution in [0, 0.1) is 0 Å². The van der Waals surface area contributed by atoms with Crippen LogP contribution in [0.15, 0.2) is 0 Å². The van der Waals surface area contributed by atoms with Gasteiger partial charge in [0, 0.05) is 0 Å². The second-order valence-corrected chi connectivity index (χ2v) is 1.40. The van der Waals surface area contributed by atoms with Crippen LogP contribution in [0.25, 0.3) is 0 Å². The number of hydrogen-bond acceptors (Lipinski definition) is 3. The fraction of sp³-hybridized carbons (Fsp3) is 0.500. The number of carboxylic acids is 1. The molecule has 0 spiro atoms. The molecule has 0 fully saturated rings. The first-order chi connectivity index (χ1) is 4.95. The molecule has 64 valence electrons. The van der Waals surface area contributed by atoms with E-state index in [-0.39, 0.29) is 0 Å². The number of alkyl halides is 3. The van der Waals surface area contributed by atoms with Crippen molar-refractivity contribution in [2.75, 3.05) is 0 Å². The Bertz CT molecular complexity index is 169. The van der Waals surface area contributed by atoms with E-state index in [1.807, 2.05) is 0 Å². The molecule has 0 radical (unpaired) electrons. The zero-order valence-electron chi connectivity index (χ0n) is 4.96. The average molecular weight is 172 g/mol. The van der Waals surface area contributed by atoms with E-state index >= 15 is 0 Å². The van der Waals surface area contributed by atoms with E-state index in [1.54, 1.807) is 0 Å². The Labute approximate surface area is 58.6 Å². The van der Waals surface area contributed by atoms with Crippen molar-refractivity contribution in [1.29, 1.82) is 0 Å². The molecule has 0 heterocycles. The van der Waals surface area contributed by atoms with Gasteiger partial charge in [0.25, 0.3) is 0 Å². The quantitative estimate of drug-likeness (QED) is 0.476. The molecular formula is C4H3F3O4. The molecule has 0 bridgehead atoms. The number of aliphatic carboxylic acids is 1. The first kappa shape index (κ1) is 9.73. The van der Waals surface area contributed by atoms with E-state index in [4.69, 9.17) is 5.11 Å². The fourth-order valence-electron chi connectivity index (χ4n) is 0.204. The first-order valence-electron chi connectivity index (χ1n) is 2.31. The molecule has 1 unspecified atom stereocenters. The van der Waals surface area contributed by atoms with Crippen molar-refractivity contribution in [3.63, 3.8) is 0 Å². The van der Waals surface area contributed by atoms with Gasteiger partial charge in [-0.15, -0.1) is 0 Å². The van der Waals surface area contributed by atoms with Gasteiger partial charge in [-0.3, -0.25) is 0 Å². The minimum absolute atomic E-state index is 2.04. The lowest BCUT2D eigenvalue weighted by molar-refractivity contribution is -0.184. The predicted octanol–water partition coefficient (Wildman–Crippen LogP) is 0.175. The normalized spacial score (nSPS) is 12.7. The van der Waals surface area contributed by atoms with Crippen LogP contribution >= 0.6 is 0 Å². The molecule has 7 heteroatoms. The topological polar surface area (TPSA) is 63.6 Å². The summed E-state index contributed by atoms with van der Waals surface area (Å²) in [5.41, 5.74) is 0. The highest BCUT2D eigenvalue weighted by molar-refractivity contribution is 6.28. The number of carbonyl (C=O) groups excluding carboxylic acids is 1. The molecule has 4 nitrogen and oxygen atoms in total. The Kier molecular flexibility index (Phi) is 3.35. The van der Waals surface area contributed by atoms with Crippen LogP contribution < -0.4 is 0 Å². The SMILES string of the molecule is O=C(O)C(=O)OC(F)C(F)F. The lowest BCUT2D eigenvalue weighted by Crippen LogP contribution is -2.25. The summed E-state index contributed by atoms with van der Waals surface area (Å²) < 4.78 is 37.2. The van der Waals surface area contributed by atoms with E-state index in [0.29, 0.717) is 0 Å². The van der Waals surface area contributed by atoms with Crippen LogP contribution in [0.3, 0.4) is 0 Å². The van der Waals surface area contributed by atoms with Gasteiger partial charge in [-0.2, -0.15) is 4.39 Å². The van der Waals surface area contributed by atoms with Gasteiger partial charge >= 0.3 is 24.7 Å². The Morgan fingerprint density at radius 2 is 1.73 bits per heavy atom. The Morgan fingerprint density at radius 1 is 1.27 bits per heavy atom. The van der Waals surface area contributed by atoms with Crippen LogP contribution in [0.1, 0.15) is 0 Å². The van der Waals surface area contributed by atoms with E-state index in [1.165, 1.54) is 0 Å². The van der Waals surface area contributed by atoms with Gasteiger partial charge in [-0.1, -0.05) is 0 Å². The van der Waals surface area contributed by atoms with Gasteiger partial charge in [0.05, 0.1) is 0 Å². The highest BCUT2D eigenvalue weighted by Gasteiger charge is 2.26. The van der Waals surface area contributed by atoms with Crippen LogP contribution in [0.5, 0.6) is 0 Å². The highest BCUT2D eigenvalue weighted by atomic mass is 19.3. The molecule has 0 saturated carbocycles. The van der Waals surface area contributed by atoms with Crippen molar-refractivity contribution in [3.8, 4) is 0 Å². The number of halogens is 3.